The fraction of sp³-hybridized carbons (Fsp3) is 0.286. The second-order valence-electron chi connectivity index (χ2n) is 1.50. The van der Waals surface area contributed by atoms with Gasteiger partial charge >= 0.3 is 0 Å². The van der Waals surface area contributed by atoms with Crippen LogP contribution in [0.1, 0.15) is 13.3 Å². The molecule has 8 heavy (non-hydrogen) atoms. The van der Waals surface area contributed by atoms with Gasteiger partial charge in [0.05, 0.1) is 0 Å². The van der Waals surface area contributed by atoms with Crippen molar-refractivity contribution in [2.75, 3.05) is 0 Å². The molecule has 0 rings (SSSR count). The molecule has 1 heteroatoms. The highest BCUT2D eigenvalue weighted by Gasteiger charge is 1.76. The van der Waals surface area contributed by atoms with Crippen LogP contribution in [0.5, 0.6) is 0 Å². The van der Waals surface area contributed by atoms with Crippen LogP contribution >= 0.6 is 0 Å². The van der Waals surface area contributed by atoms with Gasteiger partial charge in [-0.25, -0.2) is 0 Å². The zero-order valence-corrected chi connectivity index (χ0v) is 5.05. The van der Waals surface area contributed by atoms with Crippen LogP contribution in [0.15, 0.2) is 24.3 Å². The minimum absolute atomic E-state index is 0.534. The molecule has 1 nitrogen and oxygen atoms in total. The average Bonchev–Trinajstić information content (AvgIpc) is 1.83. The number of rotatable bonds is 3. The van der Waals surface area contributed by atoms with Crippen molar-refractivity contribution in [2.45, 2.75) is 13.3 Å². The summed E-state index contributed by atoms with van der Waals surface area (Å²) in [7, 11) is 0. The summed E-state index contributed by atoms with van der Waals surface area (Å²) in [5.74, 6) is 0. The van der Waals surface area contributed by atoms with Crippen LogP contribution in [0.2, 0.25) is 0 Å². The molecule has 44 valence electrons. The van der Waals surface area contributed by atoms with Crippen molar-refractivity contribution in [1.29, 1.82) is 0 Å². The summed E-state index contributed by atoms with van der Waals surface area (Å²) in [4.78, 5) is 9.86. The molecule has 0 bridgehead atoms. The van der Waals surface area contributed by atoms with Gasteiger partial charge in [-0.2, -0.15) is 0 Å². The van der Waals surface area contributed by atoms with Crippen molar-refractivity contribution in [2.24, 2.45) is 0 Å². The van der Waals surface area contributed by atoms with Crippen LogP contribution in [0, 0.1) is 0 Å². The number of allylic oxidation sites excluding steroid dienone is 3. The van der Waals surface area contributed by atoms with Gasteiger partial charge in [0.1, 0.15) is 6.29 Å². The highest BCUT2D eigenvalue weighted by Crippen LogP contribution is 1.87. The van der Waals surface area contributed by atoms with E-state index in [9.17, 15) is 4.79 Å². The first-order valence-electron chi connectivity index (χ1n) is 2.62. The van der Waals surface area contributed by atoms with E-state index in [1.165, 1.54) is 0 Å². The number of carbonyl (C=O) groups excluding carboxylic acids is 1. The number of hydrogen-bond acceptors (Lipinski definition) is 1. The Kier molecular flexibility index (Phi) is 3.85. The lowest BCUT2D eigenvalue weighted by molar-refractivity contribution is -0.104. The van der Waals surface area contributed by atoms with Gasteiger partial charge in [0.25, 0.3) is 0 Å². The normalized spacial score (nSPS) is 9.62. The van der Waals surface area contributed by atoms with E-state index < -0.39 is 0 Å². The first-order valence-corrected chi connectivity index (χ1v) is 2.62. The van der Waals surface area contributed by atoms with Gasteiger partial charge in [0.15, 0.2) is 0 Å². The van der Waals surface area contributed by atoms with Crippen LogP contribution in [-0.2, 0) is 4.79 Å². The van der Waals surface area contributed by atoms with Crippen molar-refractivity contribution >= 4 is 6.29 Å². The zero-order chi connectivity index (χ0) is 6.41. The molecule has 0 saturated carbocycles. The van der Waals surface area contributed by atoms with Crippen molar-refractivity contribution in [3.63, 3.8) is 0 Å². The lowest BCUT2D eigenvalue weighted by atomic mass is 10.3. The van der Waals surface area contributed by atoms with Crippen LogP contribution in [0.4, 0.5) is 0 Å². The molecule has 0 heterocycles. The minimum Gasteiger partial charge on any atom is -0.298 e. The molecule has 0 N–H and O–H groups in total. The van der Waals surface area contributed by atoms with Crippen molar-refractivity contribution < 1.29 is 4.79 Å². The summed E-state index contributed by atoms with van der Waals surface area (Å²) >= 11 is 0. The summed E-state index contributed by atoms with van der Waals surface area (Å²) in [6, 6.07) is 0. The lowest BCUT2D eigenvalue weighted by Crippen LogP contribution is -1.71. The van der Waals surface area contributed by atoms with Crippen LogP contribution < -0.4 is 0 Å². The maximum Gasteiger partial charge on any atom is 0.149 e. The Hall–Kier alpha value is -0.850. The second kappa shape index (κ2) is 4.31. The second-order valence-corrected chi connectivity index (χ2v) is 1.50. The van der Waals surface area contributed by atoms with Gasteiger partial charge in [0.2, 0.25) is 0 Å². The number of carbonyl (C=O) groups is 1. The maximum atomic E-state index is 9.86. The molecule has 0 aliphatic carbocycles. The maximum absolute atomic E-state index is 9.86. The SMILES string of the molecule is C=C(C=O)C=CCC. The van der Waals surface area contributed by atoms with Gasteiger partial charge in [-0.3, -0.25) is 4.79 Å². The smallest absolute Gasteiger partial charge is 0.149 e. The molecule has 0 atom stereocenters. The first-order chi connectivity index (χ1) is 3.81. The van der Waals surface area contributed by atoms with E-state index in [-0.39, 0.29) is 0 Å². The van der Waals surface area contributed by atoms with Crippen LogP contribution in [-0.4, -0.2) is 6.29 Å². The first kappa shape index (κ1) is 7.15. The van der Waals surface area contributed by atoms with Crippen LogP contribution in [0.25, 0.3) is 0 Å². The van der Waals surface area contributed by atoms with Gasteiger partial charge in [0, 0.05) is 5.57 Å². The molecule has 0 aliphatic rings. The minimum atomic E-state index is 0.534. The number of aldehydes is 1. The molecule has 0 fully saturated rings. The quantitative estimate of drug-likeness (QED) is 0.307. The van der Waals surface area contributed by atoms with Crippen molar-refractivity contribution in [1.82, 2.24) is 0 Å². The summed E-state index contributed by atoms with van der Waals surface area (Å²) in [5.41, 5.74) is 0.534. The largest absolute Gasteiger partial charge is 0.298 e. The molecule has 0 aromatic rings. The molecular formula is C7H10O. The fourth-order valence-electron chi connectivity index (χ4n) is 0.309. The fourth-order valence-corrected chi connectivity index (χ4v) is 0.309. The Morgan fingerprint density at radius 3 is 2.75 bits per heavy atom. The monoisotopic (exact) mass is 110 g/mol. The molecule has 0 aromatic heterocycles. The average molecular weight is 110 g/mol. The Bertz CT molecular complexity index is 112. The number of hydrogen-bond donors (Lipinski definition) is 0. The molecule has 0 aliphatic heterocycles. The van der Waals surface area contributed by atoms with E-state index in [0.29, 0.717) is 5.57 Å². The van der Waals surface area contributed by atoms with E-state index in [0.717, 1.165) is 12.7 Å². The zero-order valence-electron chi connectivity index (χ0n) is 5.05. The third kappa shape index (κ3) is 3.34. The molecule has 0 aromatic carbocycles. The Labute approximate surface area is 49.7 Å². The summed E-state index contributed by atoms with van der Waals surface area (Å²) in [5, 5.41) is 0. The Morgan fingerprint density at radius 2 is 2.38 bits per heavy atom. The predicted molar refractivity (Wildman–Crippen MR) is 34.6 cm³/mol. The lowest BCUT2D eigenvalue weighted by Gasteiger charge is -1.79. The van der Waals surface area contributed by atoms with Crippen molar-refractivity contribution in [3.8, 4) is 0 Å². The van der Waals surface area contributed by atoms with Gasteiger partial charge in [-0.05, 0) is 6.42 Å². The molecular weight excluding hydrogens is 100 g/mol. The summed E-state index contributed by atoms with van der Waals surface area (Å²) in [6.07, 6.45) is 5.31. The topological polar surface area (TPSA) is 17.1 Å². The Balaban J connectivity index is 3.52. The molecule has 0 radical (unpaired) electrons. The van der Waals surface area contributed by atoms with Gasteiger partial charge < -0.3 is 0 Å². The Morgan fingerprint density at radius 1 is 1.75 bits per heavy atom. The molecule has 0 unspecified atom stereocenters. The highest BCUT2D eigenvalue weighted by atomic mass is 16.1. The molecule has 0 saturated heterocycles. The molecule has 0 spiro atoms. The van der Waals surface area contributed by atoms with Gasteiger partial charge in [-0.1, -0.05) is 25.7 Å². The van der Waals surface area contributed by atoms with Crippen molar-refractivity contribution in [3.05, 3.63) is 24.3 Å². The van der Waals surface area contributed by atoms with E-state index >= 15 is 0 Å². The predicted octanol–water partition coefficient (Wildman–Crippen LogP) is 1.71. The van der Waals surface area contributed by atoms with Gasteiger partial charge in [-0.15, -0.1) is 0 Å². The molecule has 0 amide bonds. The summed E-state index contributed by atoms with van der Waals surface area (Å²) < 4.78 is 0. The highest BCUT2D eigenvalue weighted by molar-refractivity contribution is 5.76. The standard InChI is InChI=1S/C7H10O/c1-3-4-5-7(2)6-8/h4-6H,2-3H2,1H3. The third-order valence-electron chi connectivity index (χ3n) is 0.719. The van der Waals surface area contributed by atoms with Crippen LogP contribution in [0.3, 0.4) is 0 Å². The summed E-state index contributed by atoms with van der Waals surface area (Å²) in [6.45, 7) is 5.46. The van der Waals surface area contributed by atoms with E-state index in [1.807, 2.05) is 13.0 Å². The van der Waals surface area contributed by atoms with E-state index in [2.05, 4.69) is 6.58 Å². The third-order valence-corrected chi connectivity index (χ3v) is 0.719. The van der Waals surface area contributed by atoms with E-state index in [1.54, 1.807) is 6.08 Å². The van der Waals surface area contributed by atoms with E-state index in [4.69, 9.17) is 0 Å².